The van der Waals surface area contributed by atoms with Gasteiger partial charge in [-0.1, -0.05) is 12.1 Å². The molecule has 0 aliphatic carbocycles. The lowest BCUT2D eigenvalue weighted by molar-refractivity contribution is 0.0816. The molecule has 1 atom stereocenters. The Morgan fingerprint density at radius 1 is 1.09 bits per heavy atom. The Kier molecular flexibility index (Phi) is 5.64. The first-order valence-corrected chi connectivity index (χ1v) is 8.75. The molecular weight excluding hydrogens is 291 g/mol. The van der Waals surface area contributed by atoms with Gasteiger partial charge in [-0.25, -0.2) is 4.39 Å². The van der Waals surface area contributed by atoms with E-state index in [1.807, 2.05) is 19.1 Å². The predicted molar refractivity (Wildman–Crippen MR) is 92.3 cm³/mol. The summed E-state index contributed by atoms with van der Waals surface area (Å²) in [7, 11) is 2.19. The Morgan fingerprint density at radius 3 is 2.43 bits per heavy atom. The number of rotatable bonds is 4. The molecule has 2 aliphatic heterocycles. The van der Waals surface area contributed by atoms with Gasteiger partial charge in [-0.3, -0.25) is 9.80 Å². The van der Waals surface area contributed by atoms with E-state index in [0.29, 0.717) is 6.04 Å². The molecule has 2 saturated heterocycles. The van der Waals surface area contributed by atoms with Crippen LogP contribution in [0, 0.1) is 12.7 Å². The van der Waals surface area contributed by atoms with Gasteiger partial charge in [-0.2, -0.15) is 0 Å². The fourth-order valence-electron chi connectivity index (χ4n) is 3.58. The summed E-state index contributed by atoms with van der Waals surface area (Å²) in [6.07, 6.45) is 0. The van der Waals surface area contributed by atoms with Gasteiger partial charge in [0.25, 0.3) is 0 Å². The smallest absolute Gasteiger partial charge is 0.126 e. The Morgan fingerprint density at radius 2 is 1.78 bits per heavy atom. The topological polar surface area (TPSA) is 21.8 Å². The van der Waals surface area contributed by atoms with E-state index in [9.17, 15) is 4.39 Å². The molecule has 3 rings (SSSR count). The minimum atomic E-state index is -0.104. The molecule has 1 aromatic carbocycles. The number of piperazine rings is 2. The number of nitrogens with zero attached hydrogens (tertiary/aromatic N) is 3. The maximum Gasteiger partial charge on any atom is 0.126 e. The number of likely N-dealkylation sites (N-methyl/N-ethyl adjacent to an activating group) is 1. The third-order valence-electron chi connectivity index (χ3n) is 5.19. The van der Waals surface area contributed by atoms with Crippen LogP contribution in [0.5, 0.6) is 0 Å². The van der Waals surface area contributed by atoms with Crippen molar-refractivity contribution in [3.8, 4) is 0 Å². The third-order valence-corrected chi connectivity index (χ3v) is 5.19. The summed E-state index contributed by atoms with van der Waals surface area (Å²) >= 11 is 0. The maximum atomic E-state index is 13.7. The number of aryl methyl sites for hydroxylation is 1. The monoisotopic (exact) mass is 320 g/mol. The lowest BCUT2D eigenvalue weighted by atomic mass is 10.0. The van der Waals surface area contributed by atoms with Crippen LogP contribution in [0.15, 0.2) is 18.2 Å². The summed E-state index contributed by atoms with van der Waals surface area (Å²) in [5.74, 6) is -0.104. The van der Waals surface area contributed by atoms with Crippen LogP contribution in [0.1, 0.15) is 17.2 Å². The van der Waals surface area contributed by atoms with E-state index in [4.69, 9.17) is 0 Å². The van der Waals surface area contributed by atoms with Gasteiger partial charge < -0.3 is 10.2 Å². The quantitative estimate of drug-likeness (QED) is 0.903. The van der Waals surface area contributed by atoms with Gasteiger partial charge in [0.1, 0.15) is 5.82 Å². The molecule has 0 radical (unpaired) electrons. The molecule has 1 aromatic rings. The largest absolute Gasteiger partial charge is 0.314 e. The van der Waals surface area contributed by atoms with Crippen molar-refractivity contribution < 1.29 is 4.39 Å². The number of hydrogen-bond acceptors (Lipinski definition) is 4. The highest BCUT2D eigenvalue weighted by molar-refractivity contribution is 5.27. The number of nitrogens with one attached hydrogen (secondary N) is 1. The van der Waals surface area contributed by atoms with E-state index in [1.165, 1.54) is 5.56 Å². The van der Waals surface area contributed by atoms with Gasteiger partial charge in [-0.05, 0) is 31.2 Å². The van der Waals surface area contributed by atoms with Crippen molar-refractivity contribution >= 4 is 0 Å². The minimum Gasteiger partial charge on any atom is -0.314 e. The van der Waals surface area contributed by atoms with Crippen molar-refractivity contribution in [3.63, 3.8) is 0 Å². The fraction of sp³-hybridized carbons (Fsp3) is 0.667. The average molecular weight is 320 g/mol. The highest BCUT2D eigenvalue weighted by Gasteiger charge is 2.26. The molecule has 0 amide bonds. The molecule has 128 valence electrons. The van der Waals surface area contributed by atoms with Gasteiger partial charge in [0.15, 0.2) is 0 Å². The van der Waals surface area contributed by atoms with Crippen LogP contribution >= 0.6 is 0 Å². The SMILES string of the molecule is Cc1cc(C(CN2CCNCC2)N2CCN(C)CC2)ccc1F. The van der Waals surface area contributed by atoms with E-state index < -0.39 is 0 Å². The Labute approximate surface area is 139 Å². The van der Waals surface area contributed by atoms with Crippen molar-refractivity contribution in [2.24, 2.45) is 0 Å². The molecule has 4 nitrogen and oxygen atoms in total. The second-order valence-electron chi connectivity index (χ2n) is 6.91. The van der Waals surface area contributed by atoms with Crippen LogP contribution in [-0.2, 0) is 0 Å². The second-order valence-corrected chi connectivity index (χ2v) is 6.91. The van der Waals surface area contributed by atoms with E-state index in [1.54, 1.807) is 6.07 Å². The Bertz CT molecular complexity index is 508. The lowest BCUT2D eigenvalue weighted by Crippen LogP contribution is -2.51. The number of hydrogen-bond donors (Lipinski definition) is 1. The zero-order valence-electron chi connectivity index (χ0n) is 14.4. The van der Waals surface area contributed by atoms with Crippen molar-refractivity contribution in [3.05, 3.63) is 35.1 Å². The molecule has 23 heavy (non-hydrogen) atoms. The van der Waals surface area contributed by atoms with Crippen LogP contribution in [0.25, 0.3) is 0 Å². The number of benzene rings is 1. The van der Waals surface area contributed by atoms with Crippen molar-refractivity contribution in [2.75, 3.05) is 66.0 Å². The van der Waals surface area contributed by atoms with Crippen molar-refractivity contribution in [1.82, 2.24) is 20.0 Å². The minimum absolute atomic E-state index is 0.104. The zero-order valence-corrected chi connectivity index (χ0v) is 14.4. The first kappa shape index (κ1) is 16.8. The first-order chi connectivity index (χ1) is 11.1. The van der Waals surface area contributed by atoms with Crippen molar-refractivity contribution in [2.45, 2.75) is 13.0 Å². The van der Waals surface area contributed by atoms with Gasteiger partial charge in [-0.15, -0.1) is 0 Å². The number of halogens is 1. The molecule has 1 N–H and O–H groups in total. The van der Waals surface area contributed by atoms with E-state index in [-0.39, 0.29) is 5.82 Å². The summed E-state index contributed by atoms with van der Waals surface area (Å²) in [4.78, 5) is 7.50. The molecule has 0 aromatic heterocycles. The van der Waals surface area contributed by atoms with E-state index in [0.717, 1.165) is 64.5 Å². The summed E-state index contributed by atoms with van der Waals surface area (Å²) < 4.78 is 13.7. The van der Waals surface area contributed by atoms with E-state index in [2.05, 4.69) is 27.1 Å². The van der Waals surface area contributed by atoms with Crippen LogP contribution in [0.4, 0.5) is 4.39 Å². The molecule has 0 bridgehead atoms. The summed E-state index contributed by atoms with van der Waals surface area (Å²) in [5.41, 5.74) is 2.01. The lowest BCUT2D eigenvalue weighted by Gasteiger charge is -2.41. The average Bonchev–Trinajstić information content (AvgIpc) is 2.57. The summed E-state index contributed by atoms with van der Waals surface area (Å²) in [6, 6.07) is 6.01. The molecule has 5 heteroatoms. The predicted octanol–water partition coefficient (Wildman–Crippen LogP) is 1.33. The molecular formula is C18H29FN4. The normalized spacial score (nSPS) is 23.1. The third kappa shape index (κ3) is 4.29. The van der Waals surface area contributed by atoms with Gasteiger partial charge in [0, 0.05) is 64.9 Å². The molecule has 2 aliphatic rings. The maximum absolute atomic E-state index is 13.7. The summed E-state index contributed by atoms with van der Waals surface area (Å²) in [5, 5.41) is 3.42. The van der Waals surface area contributed by atoms with E-state index >= 15 is 0 Å². The standard InChI is InChI=1S/C18H29FN4/c1-15-13-16(3-4-17(15)19)18(14-22-7-5-20-6-8-22)23-11-9-21(2)10-12-23/h3-4,13,18,20H,5-12,14H2,1-2H3. The molecule has 1 unspecified atom stereocenters. The highest BCUT2D eigenvalue weighted by Crippen LogP contribution is 2.25. The highest BCUT2D eigenvalue weighted by atomic mass is 19.1. The molecule has 0 saturated carbocycles. The zero-order chi connectivity index (χ0) is 16.2. The van der Waals surface area contributed by atoms with Crippen LogP contribution in [0.2, 0.25) is 0 Å². The fourth-order valence-corrected chi connectivity index (χ4v) is 3.58. The van der Waals surface area contributed by atoms with Crippen LogP contribution in [0.3, 0.4) is 0 Å². The molecule has 2 heterocycles. The summed E-state index contributed by atoms with van der Waals surface area (Å²) in [6.45, 7) is 11.6. The van der Waals surface area contributed by atoms with Gasteiger partial charge >= 0.3 is 0 Å². The second kappa shape index (κ2) is 7.71. The molecule has 0 spiro atoms. The Hall–Kier alpha value is -1.01. The van der Waals surface area contributed by atoms with Gasteiger partial charge in [0.2, 0.25) is 0 Å². The van der Waals surface area contributed by atoms with Crippen LogP contribution < -0.4 is 5.32 Å². The Balaban J connectivity index is 1.78. The van der Waals surface area contributed by atoms with Crippen LogP contribution in [-0.4, -0.2) is 80.7 Å². The van der Waals surface area contributed by atoms with Crippen molar-refractivity contribution in [1.29, 1.82) is 0 Å². The van der Waals surface area contributed by atoms with Gasteiger partial charge in [0.05, 0.1) is 0 Å². The molecule has 2 fully saturated rings. The first-order valence-electron chi connectivity index (χ1n) is 8.75.